The van der Waals surface area contributed by atoms with Crippen molar-refractivity contribution in [3.8, 4) is 0 Å². The van der Waals surface area contributed by atoms with Gasteiger partial charge in [0.2, 0.25) is 0 Å². The van der Waals surface area contributed by atoms with Crippen molar-refractivity contribution in [1.82, 2.24) is 0 Å². The number of hydrogen-bond donors (Lipinski definition) is 0. The number of hydrogen-bond acceptors (Lipinski definition) is 4. The maximum Gasteiger partial charge on any atom is 0.151 e. The maximum absolute atomic E-state index is 11.4. The Morgan fingerprint density at radius 1 is 1.47 bits per heavy atom. The lowest BCUT2D eigenvalue weighted by Gasteiger charge is -2.23. The predicted octanol–water partition coefficient (Wildman–Crippen LogP) is 0.559. The Morgan fingerprint density at radius 2 is 2.27 bits per heavy atom. The minimum Gasteiger partial charge on any atom is -0.378 e. The van der Waals surface area contributed by atoms with E-state index < -0.39 is 15.3 Å². The topological polar surface area (TPSA) is 60.4 Å². The summed E-state index contributed by atoms with van der Waals surface area (Å²) in [4.78, 5) is 11.1. The van der Waals surface area contributed by atoms with Crippen LogP contribution in [0.2, 0.25) is 0 Å². The zero-order valence-corrected chi connectivity index (χ0v) is 9.46. The van der Waals surface area contributed by atoms with Crippen LogP contribution in [0.1, 0.15) is 25.7 Å². The molecule has 5 heteroatoms. The number of carbonyl (C=O) groups excluding carboxylic acids is 1. The van der Waals surface area contributed by atoms with E-state index in [-0.39, 0.29) is 17.6 Å². The molecular formula is C10H16O4S. The Hall–Kier alpha value is -0.420. The van der Waals surface area contributed by atoms with E-state index in [2.05, 4.69) is 0 Å². The van der Waals surface area contributed by atoms with Crippen molar-refractivity contribution in [2.75, 3.05) is 18.1 Å². The predicted molar refractivity (Wildman–Crippen MR) is 55.4 cm³/mol. The normalized spacial score (nSPS) is 39.3. The average Bonchev–Trinajstić information content (AvgIpc) is 2.75. The molecule has 15 heavy (non-hydrogen) atoms. The summed E-state index contributed by atoms with van der Waals surface area (Å²) in [7, 11) is -2.99. The van der Waals surface area contributed by atoms with Crippen LogP contribution in [-0.4, -0.2) is 38.9 Å². The van der Waals surface area contributed by atoms with Crippen LogP contribution in [0.15, 0.2) is 0 Å². The summed E-state index contributed by atoms with van der Waals surface area (Å²) in [5.74, 6) is 0.168. The lowest BCUT2D eigenvalue weighted by atomic mass is 9.83. The van der Waals surface area contributed by atoms with Gasteiger partial charge in [-0.05, 0) is 25.7 Å². The Bertz CT molecular complexity index is 342. The molecule has 0 bridgehead atoms. The van der Waals surface area contributed by atoms with Crippen molar-refractivity contribution in [2.45, 2.75) is 31.8 Å². The van der Waals surface area contributed by atoms with Gasteiger partial charge in [0.15, 0.2) is 9.84 Å². The molecule has 0 aliphatic carbocycles. The molecule has 2 rings (SSSR count). The van der Waals surface area contributed by atoms with E-state index in [0.29, 0.717) is 12.8 Å². The fourth-order valence-corrected chi connectivity index (χ4v) is 4.57. The van der Waals surface area contributed by atoms with E-state index in [1.54, 1.807) is 0 Å². The van der Waals surface area contributed by atoms with Crippen LogP contribution in [0.3, 0.4) is 0 Å². The molecule has 0 radical (unpaired) electrons. The van der Waals surface area contributed by atoms with E-state index in [1.807, 2.05) is 0 Å². The number of sulfone groups is 1. The average molecular weight is 232 g/mol. The van der Waals surface area contributed by atoms with E-state index in [1.165, 1.54) is 0 Å². The maximum atomic E-state index is 11.4. The molecule has 0 aromatic heterocycles. The van der Waals surface area contributed by atoms with Crippen molar-refractivity contribution < 1.29 is 17.9 Å². The van der Waals surface area contributed by atoms with Crippen LogP contribution in [0.4, 0.5) is 0 Å². The molecule has 2 saturated heterocycles. The number of aldehydes is 1. The largest absolute Gasteiger partial charge is 0.378 e. The van der Waals surface area contributed by atoms with Gasteiger partial charge >= 0.3 is 0 Å². The molecule has 2 aliphatic rings. The van der Waals surface area contributed by atoms with Crippen LogP contribution in [0.25, 0.3) is 0 Å². The minimum absolute atomic E-state index is 0.0172. The van der Waals surface area contributed by atoms with Crippen LogP contribution < -0.4 is 0 Å². The van der Waals surface area contributed by atoms with Gasteiger partial charge in [0.1, 0.15) is 6.29 Å². The smallest absolute Gasteiger partial charge is 0.151 e. The molecular weight excluding hydrogens is 216 g/mol. The summed E-state index contributed by atoms with van der Waals surface area (Å²) < 4.78 is 28.2. The van der Waals surface area contributed by atoms with Crippen molar-refractivity contribution in [3.05, 3.63) is 0 Å². The highest BCUT2D eigenvalue weighted by molar-refractivity contribution is 7.91. The van der Waals surface area contributed by atoms with Crippen LogP contribution >= 0.6 is 0 Å². The first kappa shape index (κ1) is 11.1. The van der Waals surface area contributed by atoms with Crippen molar-refractivity contribution in [1.29, 1.82) is 0 Å². The van der Waals surface area contributed by atoms with Gasteiger partial charge in [-0.2, -0.15) is 0 Å². The van der Waals surface area contributed by atoms with Gasteiger partial charge in [-0.3, -0.25) is 0 Å². The Labute approximate surface area is 89.9 Å². The van der Waals surface area contributed by atoms with Crippen molar-refractivity contribution >= 4 is 16.1 Å². The Kier molecular flexibility index (Phi) is 2.85. The lowest BCUT2D eigenvalue weighted by Crippen LogP contribution is -2.29. The summed E-state index contributed by atoms with van der Waals surface area (Å²) in [5.41, 5.74) is -0.659. The van der Waals surface area contributed by atoms with E-state index in [4.69, 9.17) is 4.74 Å². The molecule has 0 aromatic rings. The third kappa shape index (κ3) is 2.39. The van der Waals surface area contributed by atoms with Gasteiger partial charge in [-0.15, -0.1) is 0 Å². The van der Waals surface area contributed by atoms with Crippen LogP contribution in [-0.2, 0) is 19.4 Å². The first-order valence-electron chi connectivity index (χ1n) is 5.34. The third-order valence-electron chi connectivity index (χ3n) is 3.33. The monoisotopic (exact) mass is 232 g/mol. The second-order valence-corrected chi connectivity index (χ2v) is 6.85. The van der Waals surface area contributed by atoms with Crippen LogP contribution in [0, 0.1) is 5.41 Å². The molecule has 0 saturated carbocycles. The van der Waals surface area contributed by atoms with Gasteiger partial charge in [-0.1, -0.05) is 0 Å². The molecule has 0 amide bonds. The summed E-state index contributed by atoms with van der Waals surface area (Å²) >= 11 is 0. The fraction of sp³-hybridized carbons (Fsp3) is 0.900. The first-order valence-corrected chi connectivity index (χ1v) is 7.16. The minimum atomic E-state index is -2.99. The van der Waals surface area contributed by atoms with E-state index in [9.17, 15) is 13.2 Å². The highest BCUT2D eigenvalue weighted by Gasteiger charge is 2.44. The molecule has 86 valence electrons. The molecule has 2 heterocycles. The third-order valence-corrected chi connectivity index (χ3v) is 5.17. The second-order valence-electron chi connectivity index (χ2n) is 4.66. The molecule has 0 aromatic carbocycles. The summed E-state index contributed by atoms with van der Waals surface area (Å²) in [6.07, 6.45) is 3.94. The zero-order valence-electron chi connectivity index (χ0n) is 8.65. The summed E-state index contributed by atoms with van der Waals surface area (Å²) in [5, 5.41) is 0. The van der Waals surface area contributed by atoms with Gasteiger partial charge in [0.25, 0.3) is 0 Å². The van der Waals surface area contributed by atoms with Gasteiger partial charge in [0, 0.05) is 12.0 Å². The molecule has 2 atom stereocenters. The highest BCUT2D eigenvalue weighted by atomic mass is 32.2. The molecule has 2 unspecified atom stereocenters. The lowest BCUT2D eigenvalue weighted by molar-refractivity contribution is -0.116. The molecule has 0 N–H and O–H groups in total. The van der Waals surface area contributed by atoms with Gasteiger partial charge < -0.3 is 9.53 Å². The van der Waals surface area contributed by atoms with Gasteiger partial charge in [-0.25, -0.2) is 8.42 Å². The number of rotatable bonds is 3. The standard InChI is InChI=1S/C10H16O4S/c11-7-10(3-5-15(12,13)8-10)6-9-2-1-4-14-9/h7,9H,1-6,8H2. The summed E-state index contributed by atoms with van der Waals surface area (Å²) in [6.45, 7) is 0.742. The van der Waals surface area contributed by atoms with Crippen molar-refractivity contribution in [3.63, 3.8) is 0 Å². The molecule has 2 aliphatic heterocycles. The van der Waals surface area contributed by atoms with Gasteiger partial charge in [0.05, 0.1) is 17.6 Å². The Balaban J connectivity index is 2.06. The number of ether oxygens (including phenoxy) is 1. The fourth-order valence-electron chi connectivity index (χ4n) is 2.50. The molecule has 4 nitrogen and oxygen atoms in total. The quantitative estimate of drug-likeness (QED) is 0.667. The molecule has 0 spiro atoms. The first-order chi connectivity index (χ1) is 7.05. The Morgan fingerprint density at radius 3 is 2.73 bits per heavy atom. The zero-order chi connectivity index (χ0) is 10.9. The van der Waals surface area contributed by atoms with Crippen LogP contribution in [0.5, 0.6) is 0 Å². The van der Waals surface area contributed by atoms with E-state index >= 15 is 0 Å². The molecule has 2 fully saturated rings. The van der Waals surface area contributed by atoms with Crippen molar-refractivity contribution in [2.24, 2.45) is 5.41 Å². The van der Waals surface area contributed by atoms with E-state index in [0.717, 1.165) is 25.7 Å². The summed E-state index contributed by atoms with van der Waals surface area (Å²) in [6, 6.07) is 0. The second kappa shape index (κ2) is 3.87. The highest BCUT2D eigenvalue weighted by Crippen LogP contribution is 2.37. The SMILES string of the molecule is O=CC1(CC2CCCO2)CCS(=O)(=O)C1. The number of carbonyl (C=O) groups is 1.